The van der Waals surface area contributed by atoms with Crippen molar-refractivity contribution in [3.8, 4) is 11.5 Å². The van der Waals surface area contributed by atoms with Gasteiger partial charge in [-0.15, -0.1) is 0 Å². The van der Waals surface area contributed by atoms with Crippen molar-refractivity contribution in [1.82, 2.24) is 0 Å². The average Bonchev–Trinajstić information content (AvgIpc) is 2.42. The Morgan fingerprint density at radius 3 is 2.11 bits per heavy atom. The van der Waals surface area contributed by atoms with Crippen LogP contribution >= 0.6 is 11.8 Å². The molecule has 0 spiro atoms. The molecule has 2 rings (SSSR count). The van der Waals surface area contributed by atoms with E-state index >= 15 is 0 Å². The quantitative estimate of drug-likeness (QED) is 0.856. The van der Waals surface area contributed by atoms with E-state index in [1.165, 1.54) is 0 Å². The molecule has 0 fully saturated rings. The zero-order valence-corrected chi connectivity index (χ0v) is 11.2. The number of rotatable bonds is 4. The molecule has 0 bridgehead atoms. The Balaban J connectivity index is 2.21. The molecule has 0 radical (unpaired) electrons. The van der Waals surface area contributed by atoms with Crippen molar-refractivity contribution in [3.05, 3.63) is 42.5 Å². The van der Waals surface area contributed by atoms with Crippen molar-refractivity contribution < 1.29 is 9.47 Å². The van der Waals surface area contributed by atoms with E-state index in [2.05, 4.69) is 0 Å². The van der Waals surface area contributed by atoms with Crippen LogP contribution in [0.4, 0.5) is 5.69 Å². The van der Waals surface area contributed by atoms with Crippen LogP contribution in [0, 0.1) is 0 Å². The van der Waals surface area contributed by atoms with Gasteiger partial charge in [-0.1, -0.05) is 11.8 Å². The Morgan fingerprint density at radius 2 is 1.50 bits per heavy atom. The monoisotopic (exact) mass is 261 g/mol. The molecule has 0 saturated carbocycles. The van der Waals surface area contributed by atoms with Crippen molar-refractivity contribution >= 4 is 17.4 Å². The highest BCUT2D eigenvalue weighted by Crippen LogP contribution is 2.35. The summed E-state index contributed by atoms with van der Waals surface area (Å²) in [6.07, 6.45) is 0. The van der Waals surface area contributed by atoms with Gasteiger partial charge in [-0.05, 0) is 42.5 Å². The average molecular weight is 261 g/mol. The highest BCUT2D eigenvalue weighted by molar-refractivity contribution is 7.99. The fraction of sp³-hybridized carbons (Fsp3) is 0.143. The number of nitrogen functional groups attached to an aromatic ring is 1. The summed E-state index contributed by atoms with van der Waals surface area (Å²) in [6.45, 7) is 0. The molecular weight excluding hydrogens is 246 g/mol. The summed E-state index contributed by atoms with van der Waals surface area (Å²) < 4.78 is 10.3. The van der Waals surface area contributed by atoms with E-state index in [4.69, 9.17) is 15.2 Å². The zero-order chi connectivity index (χ0) is 13.0. The number of hydrogen-bond donors (Lipinski definition) is 1. The zero-order valence-electron chi connectivity index (χ0n) is 10.3. The van der Waals surface area contributed by atoms with Crippen LogP contribution < -0.4 is 15.2 Å². The molecule has 0 aliphatic heterocycles. The maximum atomic E-state index is 5.95. The van der Waals surface area contributed by atoms with Crippen molar-refractivity contribution in [3.63, 3.8) is 0 Å². The van der Waals surface area contributed by atoms with Crippen LogP contribution in [0.2, 0.25) is 0 Å². The maximum Gasteiger partial charge on any atom is 0.120 e. The van der Waals surface area contributed by atoms with Crippen LogP contribution in [0.25, 0.3) is 0 Å². The van der Waals surface area contributed by atoms with E-state index < -0.39 is 0 Å². The standard InChI is InChI=1S/C14H15NO2S/c1-16-10-3-6-12(7-4-10)18-14-9-11(17-2)5-8-13(14)15/h3-9H,15H2,1-2H3. The van der Waals surface area contributed by atoms with Gasteiger partial charge in [0.25, 0.3) is 0 Å². The molecule has 3 nitrogen and oxygen atoms in total. The summed E-state index contributed by atoms with van der Waals surface area (Å²) in [6, 6.07) is 13.5. The first-order chi connectivity index (χ1) is 8.72. The molecule has 2 aromatic rings. The third-order valence-electron chi connectivity index (χ3n) is 2.51. The second-order valence-electron chi connectivity index (χ2n) is 3.68. The second-order valence-corrected chi connectivity index (χ2v) is 4.80. The fourth-order valence-electron chi connectivity index (χ4n) is 1.50. The number of nitrogens with two attached hydrogens (primary N) is 1. The van der Waals surface area contributed by atoms with Gasteiger partial charge in [-0.2, -0.15) is 0 Å². The summed E-state index contributed by atoms with van der Waals surface area (Å²) >= 11 is 1.60. The molecule has 0 heterocycles. The van der Waals surface area contributed by atoms with Gasteiger partial charge in [0.1, 0.15) is 11.5 Å². The highest BCUT2D eigenvalue weighted by Gasteiger charge is 2.04. The normalized spacial score (nSPS) is 10.1. The summed E-state index contributed by atoms with van der Waals surface area (Å²) in [4.78, 5) is 2.09. The molecule has 2 aromatic carbocycles. The lowest BCUT2D eigenvalue weighted by molar-refractivity contribution is 0.413. The Bertz CT molecular complexity index is 526. The van der Waals surface area contributed by atoms with Crippen LogP contribution in [0.1, 0.15) is 0 Å². The Morgan fingerprint density at radius 1 is 0.889 bits per heavy atom. The van der Waals surface area contributed by atoms with E-state index in [-0.39, 0.29) is 0 Å². The van der Waals surface area contributed by atoms with Gasteiger partial charge in [0.05, 0.1) is 14.2 Å². The van der Waals surface area contributed by atoms with Crippen molar-refractivity contribution in [2.24, 2.45) is 0 Å². The third kappa shape index (κ3) is 2.90. The molecule has 0 aliphatic carbocycles. The molecule has 0 aliphatic rings. The van der Waals surface area contributed by atoms with E-state index in [0.29, 0.717) is 0 Å². The van der Waals surface area contributed by atoms with Crippen molar-refractivity contribution in [1.29, 1.82) is 0 Å². The van der Waals surface area contributed by atoms with Gasteiger partial charge in [0, 0.05) is 15.5 Å². The Kier molecular flexibility index (Phi) is 3.99. The number of anilines is 1. The van der Waals surface area contributed by atoms with E-state index in [1.54, 1.807) is 26.0 Å². The molecule has 0 atom stereocenters. The molecule has 0 saturated heterocycles. The van der Waals surface area contributed by atoms with E-state index in [9.17, 15) is 0 Å². The lowest BCUT2D eigenvalue weighted by Crippen LogP contribution is -1.90. The number of ether oxygens (including phenoxy) is 2. The van der Waals surface area contributed by atoms with Gasteiger partial charge in [-0.3, -0.25) is 0 Å². The predicted octanol–water partition coefficient (Wildman–Crippen LogP) is 3.44. The third-order valence-corrected chi connectivity index (χ3v) is 3.59. The van der Waals surface area contributed by atoms with Gasteiger partial charge in [0.2, 0.25) is 0 Å². The number of benzene rings is 2. The van der Waals surface area contributed by atoms with Gasteiger partial charge in [0.15, 0.2) is 0 Å². The molecule has 94 valence electrons. The molecule has 0 aromatic heterocycles. The van der Waals surface area contributed by atoms with Crippen molar-refractivity contribution in [2.45, 2.75) is 9.79 Å². The minimum absolute atomic E-state index is 0.747. The largest absolute Gasteiger partial charge is 0.497 e. The topological polar surface area (TPSA) is 44.5 Å². The molecule has 2 N–H and O–H groups in total. The lowest BCUT2D eigenvalue weighted by atomic mass is 10.3. The first-order valence-electron chi connectivity index (χ1n) is 5.48. The van der Waals surface area contributed by atoms with E-state index in [0.717, 1.165) is 27.0 Å². The van der Waals surface area contributed by atoms with Crippen LogP contribution in [0.3, 0.4) is 0 Å². The van der Waals surface area contributed by atoms with Gasteiger partial charge in [-0.25, -0.2) is 0 Å². The summed E-state index contributed by atoms with van der Waals surface area (Å²) in [5.41, 5.74) is 6.69. The predicted molar refractivity (Wildman–Crippen MR) is 74.5 cm³/mol. The molecular formula is C14H15NO2S. The smallest absolute Gasteiger partial charge is 0.120 e. The minimum Gasteiger partial charge on any atom is -0.497 e. The first-order valence-corrected chi connectivity index (χ1v) is 6.30. The summed E-state index contributed by atoms with van der Waals surface area (Å²) in [7, 11) is 3.30. The van der Waals surface area contributed by atoms with Crippen molar-refractivity contribution in [2.75, 3.05) is 20.0 Å². The van der Waals surface area contributed by atoms with Crippen LogP contribution in [0.15, 0.2) is 52.3 Å². The maximum absolute atomic E-state index is 5.95. The minimum atomic E-state index is 0.747. The number of hydrogen-bond acceptors (Lipinski definition) is 4. The highest BCUT2D eigenvalue weighted by atomic mass is 32.2. The summed E-state index contributed by atoms with van der Waals surface area (Å²) in [5, 5.41) is 0. The van der Waals surface area contributed by atoms with Crippen LogP contribution in [-0.4, -0.2) is 14.2 Å². The van der Waals surface area contributed by atoms with Gasteiger partial charge >= 0.3 is 0 Å². The second kappa shape index (κ2) is 5.69. The molecule has 18 heavy (non-hydrogen) atoms. The Labute approximate surface area is 111 Å². The number of methoxy groups -OCH3 is 2. The van der Waals surface area contributed by atoms with Crippen LogP contribution in [0.5, 0.6) is 11.5 Å². The van der Waals surface area contributed by atoms with Crippen LogP contribution in [-0.2, 0) is 0 Å². The van der Waals surface area contributed by atoms with Gasteiger partial charge < -0.3 is 15.2 Å². The lowest BCUT2D eigenvalue weighted by Gasteiger charge is -2.08. The fourth-order valence-corrected chi connectivity index (χ4v) is 2.39. The SMILES string of the molecule is COc1ccc(Sc2cc(OC)ccc2N)cc1. The molecule has 0 amide bonds. The Hall–Kier alpha value is -1.81. The first kappa shape index (κ1) is 12.6. The summed E-state index contributed by atoms with van der Waals surface area (Å²) in [5.74, 6) is 1.65. The molecule has 4 heteroatoms. The molecule has 0 unspecified atom stereocenters. The van der Waals surface area contributed by atoms with E-state index in [1.807, 2.05) is 42.5 Å².